The van der Waals surface area contributed by atoms with E-state index in [0.717, 1.165) is 9.87 Å². The lowest BCUT2D eigenvalue weighted by atomic mass is 10.1. The number of carbonyl (C=O) groups excluding carboxylic acids is 1. The molecule has 0 saturated heterocycles. The summed E-state index contributed by atoms with van der Waals surface area (Å²) in [5, 5.41) is 9.03. The third-order valence-electron chi connectivity index (χ3n) is 4.12. The average molecular weight is 397 g/mol. The van der Waals surface area contributed by atoms with E-state index in [4.69, 9.17) is 9.84 Å². The van der Waals surface area contributed by atoms with Crippen molar-refractivity contribution in [1.29, 1.82) is 0 Å². The number of sulfonamides is 1. The maximum absolute atomic E-state index is 13.1. The number of carboxylic acid groups (broad SMARTS) is 1. The minimum Gasteiger partial charge on any atom is -0.481 e. The highest BCUT2D eigenvalue weighted by molar-refractivity contribution is 7.89. The zero-order valence-electron chi connectivity index (χ0n) is 16.5. The van der Waals surface area contributed by atoms with E-state index in [-0.39, 0.29) is 10.8 Å². The van der Waals surface area contributed by atoms with Crippen molar-refractivity contribution < 1.29 is 27.9 Å². The smallest absolute Gasteiger partial charge is 0.424 e. The van der Waals surface area contributed by atoms with Crippen molar-refractivity contribution in [3.63, 3.8) is 0 Å². The van der Waals surface area contributed by atoms with E-state index in [9.17, 15) is 18.0 Å². The summed E-state index contributed by atoms with van der Waals surface area (Å²) in [6.45, 7) is 9.85. The summed E-state index contributed by atoms with van der Waals surface area (Å²) in [6.07, 6.45) is -0.389. The van der Waals surface area contributed by atoms with Gasteiger partial charge in [0.15, 0.2) is 0 Å². The first kappa shape index (κ1) is 21.2. The summed E-state index contributed by atoms with van der Waals surface area (Å²) in [6, 6.07) is 6.03. The maximum Gasteiger partial charge on any atom is 0.424 e. The summed E-state index contributed by atoms with van der Waals surface area (Å²) in [7, 11) is -4.14. The van der Waals surface area contributed by atoms with E-state index in [2.05, 4.69) is 0 Å². The van der Waals surface area contributed by atoms with E-state index >= 15 is 0 Å². The van der Waals surface area contributed by atoms with Crippen molar-refractivity contribution in [2.75, 3.05) is 0 Å². The van der Waals surface area contributed by atoms with Crippen LogP contribution < -0.4 is 0 Å². The van der Waals surface area contributed by atoms with Gasteiger partial charge in [-0.3, -0.25) is 4.79 Å². The number of rotatable bonds is 4. The lowest BCUT2D eigenvalue weighted by Crippen LogP contribution is -2.51. The summed E-state index contributed by atoms with van der Waals surface area (Å²) in [5.41, 5.74) is -1.08. The van der Waals surface area contributed by atoms with Crippen LogP contribution in [0.2, 0.25) is 0 Å². The molecule has 2 rings (SSSR count). The van der Waals surface area contributed by atoms with Gasteiger partial charge in [0.25, 0.3) is 10.0 Å². The number of nitrogens with zero attached hydrogens (tertiary/aromatic N) is 1. The molecule has 1 N–H and O–H groups in total. The van der Waals surface area contributed by atoms with Gasteiger partial charge in [-0.1, -0.05) is 12.1 Å². The van der Waals surface area contributed by atoms with Crippen molar-refractivity contribution in [3.05, 3.63) is 29.8 Å². The molecule has 27 heavy (non-hydrogen) atoms. The lowest BCUT2D eigenvalue weighted by Gasteiger charge is -2.35. The Labute approximate surface area is 160 Å². The van der Waals surface area contributed by atoms with Gasteiger partial charge in [0.1, 0.15) is 5.60 Å². The Balaban J connectivity index is 2.33. The van der Waals surface area contributed by atoms with E-state index < -0.39 is 39.1 Å². The van der Waals surface area contributed by atoms with Crippen LogP contribution in [-0.2, 0) is 19.6 Å². The molecule has 1 amide bonds. The number of hydrogen-bond acceptors (Lipinski definition) is 5. The van der Waals surface area contributed by atoms with Gasteiger partial charge in [0.05, 0.1) is 16.4 Å². The maximum atomic E-state index is 13.1. The standard InChI is InChI=1S/C19H27NO6S/c1-18(2,3)20(17(23)26-19(4,5)6)27(24,25)13-9-7-12(8-10-13)14-11-15(14)16(21)22/h7-10,14-15H,11H2,1-6H3,(H,21,22)/t14-,15+/m0/s1. The monoisotopic (exact) mass is 397 g/mol. The number of ether oxygens (including phenoxy) is 1. The van der Waals surface area contributed by atoms with Crippen molar-refractivity contribution >= 4 is 22.1 Å². The molecule has 0 aliphatic heterocycles. The van der Waals surface area contributed by atoms with E-state index in [1.165, 1.54) is 12.1 Å². The van der Waals surface area contributed by atoms with E-state index in [1.54, 1.807) is 53.7 Å². The van der Waals surface area contributed by atoms with Crippen LogP contribution >= 0.6 is 0 Å². The number of carboxylic acids is 1. The predicted octanol–water partition coefficient (Wildman–Crippen LogP) is 3.60. The van der Waals surface area contributed by atoms with E-state index in [0.29, 0.717) is 6.42 Å². The number of carbonyl (C=O) groups is 2. The molecule has 1 aliphatic rings. The van der Waals surface area contributed by atoms with Crippen molar-refractivity contribution in [2.45, 2.75) is 69.9 Å². The van der Waals surface area contributed by atoms with Gasteiger partial charge in [0.2, 0.25) is 0 Å². The van der Waals surface area contributed by atoms with Crippen LogP contribution in [0.25, 0.3) is 0 Å². The highest BCUT2D eigenvalue weighted by atomic mass is 32.2. The quantitative estimate of drug-likeness (QED) is 0.833. The Kier molecular flexibility index (Phi) is 5.35. The van der Waals surface area contributed by atoms with Gasteiger partial charge in [-0.2, -0.15) is 4.31 Å². The molecule has 0 unspecified atom stereocenters. The highest BCUT2D eigenvalue weighted by Gasteiger charge is 2.45. The molecule has 7 nitrogen and oxygen atoms in total. The average Bonchev–Trinajstić information content (AvgIpc) is 3.23. The second-order valence-corrected chi connectivity index (χ2v) is 10.6. The molecule has 0 spiro atoms. The molecule has 0 bridgehead atoms. The van der Waals surface area contributed by atoms with Crippen molar-refractivity contribution in [3.8, 4) is 0 Å². The Hall–Kier alpha value is -2.09. The van der Waals surface area contributed by atoms with E-state index in [1.807, 2.05) is 0 Å². The Morgan fingerprint density at radius 2 is 1.59 bits per heavy atom. The Morgan fingerprint density at radius 3 is 1.96 bits per heavy atom. The number of amides is 1. The molecule has 1 saturated carbocycles. The van der Waals surface area contributed by atoms with Gasteiger partial charge in [0, 0.05) is 0 Å². The molecule has 1 aromatic rings. The first-order chi connectivity index (χ1) is 12.1. The Morgan fingerprint density at radius 1 is 1.07 bits per heavy atom. The molecule has 2 atom stereocenters. The lowest BCUT2D eigenvalue weighted by molar-refractivity contribution is -0.138. The third kappa shape index (κ3) is 4.80. The molecule has 0 aromatic heterocycles. The van der Waals surface area contributed by atoms with Crippen LogP contribution in [0.3, 0.4) is 0 Å². The fourth-order valence-electron chi connectivity index (χ4n) is 2.86. The summed E-state index contributed by atoms with van der Waals surface area (Å²) < 4.78 is 32.2. The predicted molar refractivity (Wildman–Crippen MR) is 99.9 cm³/mol. The zero-order valence-corrected chi connectivity index (χ0v) is 17.3. The van der Waals surface area contributed by atoms with Crippen LogP contribution in [0.4, 0.5) is 4.79 Å². The van der Waals surface area contributed by atoms with Gasteiger partial charge in [-0.05, 0) is 71.6 Å². The van der Waals surface area contributed by atoms with Gasteiger partial charge in [-0.25, -0.2) is 13.2 Å². The van der Waals surface area contributed by atoms with Crippen molar-refractivity contribution in [2.24, 2.45) is 5.92 Å². The second kappa shape index (κ2) is 6.82. The molecule has 1 aromatic carbocycles. The van der Waals surface area contributed by atoms with Crippen LogP contribution in [0.15, 0.2) is 29.2 Å². The molecule has 8 heteroatoms. The first-order valence-electron chi connectivity index (χ1n) is 8.76. The first-order valence-corrected chi connectivity index (χ1v) is 10.2. The molecular weight excluding hydrogens is 370 g/mol. The highest BCUT2D eigenvalue weighted by Crippen LogP contribution is 2.47. The second-order valence-electron chi connectivity index (χ2n) is 8.78. The van der Waals surface area contributed by atoms with Crippen LogP contribution in [0.1, 0.15) is 59.4 Å². The number of benzene rings is 1. The molecule has 0 heterocycles. The van der Waals surface area contributed by atoms with Gasteiger partial charge >= 0.3 is 12.1 Å². The summed E-state index contributed by atoms with van der Waals surface area (Å²) in [5.74, 6) is -1.36. The van der Waals surface area contributed by atoms with Crippen LogP contribution in [0, 0.1) is 5.92 Å². The van der Waals surface area contributed by atoms with Crippen LogP contribution in [0.5, 0.6) is 0 Å². The van der Waals surface area contributed by atoms with Crippen molar-refractivity contribution in [1.82, 2.24) is 4.31 Å². The minimum absolute atomic E-state index is 0.0421. The fourth-order valence-corrected chi connectivity index (χ4v) is 4.51. The normalized spacial score (nSPS) is 20.1. The van der Waals surface area contributed by atoms with Gasteiger partial charge in [-0.15, -0.1) is 0 Å². The molecule has 150 valence electrons. The Bertz CT molecular complexity index is 830. The molecule has 1 fully saturated rings. The summed E-state index contributed by atoms with van der Waals surface area (Å²) in [4.78, 5) is 23.6. The number of hydrogen-bond donors (Lipinski definition) is 1. The number of aliphatic carboxylic acids is 1. The third-order valence-corrected chi connectivity index (χ3v) is 6.17. The SMILES string of the molecule is CC(C)(C)OC(=O)N(C(C)(C)C)S(=O)(=O)c1ccc([C@@H]2C[C@H]2C(=O)O)cc1. The molecule has 0 radical (unpaired) electrons. The zero-order chi connectivity index (χ0) is 20.8. The van der Waals surface area contributed by atoms with Gasteiger partial charge < -0.3 is 9.84 Å². The molecule has 1 aliphatic carbocycles. The molecular formula is C19H27NO6S. The minimum atomic E-state index is -4.14. The topological polar surface area (TPSA) is 101 Å². The van der Waals surface area contributed by atoms with Crippen LogP contribution in [-0.4, -0.2) is 41.0 Å². The fraction of sp³-hybridized carbons (Fsp3) is 0.579. The largest absolute Gasteiger partial charge is 0.481 e. The summed E-state index contributed by atoms with van der Waals surface area (Å²) >= 11 is 0.